The maximum Gasteiger partial charge on any atom is 0.351 e. The highest BCUT2D eigenvalue weighted by Gasteiger charge is 2.14. The Hall–Kier alpha value is -2.57. The average Bonchev–Trinajstić information content (AvgIpc) is 2.45. The molecule has 0 fully saturated rings. The first-order valence-electron chi connectivity index (χ1n) is 5.43. The van der Waals surface area contributed by atoms with E-state index in [1.807, 2.05) is 0 Å². The number of hydrogen-bond donors (Lipinski definition) is 1. The van der Waals surface area contributed by atoms with Crippen LogP contribution in [-0.2, 0) is 0 Å². The van der Waals surface area contributed by atoms with Crippen molar-refractivity contribution in [1.82, 2.24) is 15.0 Å². The van der Waals surface area contributed by atoms with Crippen LogP contribution in [0.25, 0.3) is 11.4 Å². The van der Waals surface area contributed by atoms with Gasteiger partial charge in [0.2, 0.25) is 0 Å². The standard InChI is InChI=1S/C12H13N3O4/c1-17-8-6-4-5-7(9(8)18-2)10-13-11(16)15-12(14-10)19-3/h4-6H,1-3H3,(H,13,14,15,16). The van der Waals surface area contributed by atoms with E-state index in [-0.39, 0.29) is 6.01 Å². The van der Waals surface area contributed by atoms with Crippen molar-refractivity contribution in [3.05, 3.63) is 28.7 Å². The van der Waals surface area contributed by atoms with E-state index in [1.54, 1.807) is 18.2 Å². The van der Waals surface area contributed by atoms with E-state index in [0.717, 1.165) is 0 Å². The molecule has 0 atom stereocenters. The van der Waals surface area contributed by atoms with Crippen LogP contribution in [0.1, 0.15) is 0 Å². The van der Waals surface area contributed by atoms with Gasteiger partial charge >= 0.3 is 11.7 Å². The minimum absolute atomic E-state index is 0.0105. The fraction of sp³-hybridized carbons (Fsp3) is 0.250. The molecule has 1 N–H and O–H groups in total. The molecule has 0 aliphatic carbocycles. The van der Waals surface area contributed by atoms with E-state index in [2.05, 4.69) is 15.0 Å². The van der Waals surface area contributed by atoms with Crippen molar-refractivity contribution < 1.29 is 14.2 Å². The SMILES string of the molecule is COc1nc(-c2cccc(OC)c2OC)[nH]c(=O)n1. The Morgan fingerprint density at radius 3 is 2.47 bits per heavy atom. The lowest BCUT2D eigenvalue weighted by molar-refractivity contribution is 0.355. The molecule has 7 heteroatoms. The zero-order valence-electron chi connectivity index (χ0n) is 10.8. The minimum atomic E-state index is -0.549. The zero-order valence-corrected chi connectivity index (χ0v) is 10.8. The Morgan fingerprint density at radius 2 is 1.84 bits per heavy atom. The van der Waals surface area contributed by atoms with Gasteiger partial charge in [0.25, 0.3) is 0 Å². The van der Waals surface area contributed by atoms with Crippen LogP contribution in [0.5, 0.6) is 17.5 Å². The molecule has 0 aliphatic heterocycles. The normalized spacial score (nSPS) is 10.1. The number of rotatable bonds is 4. The second kappa shape index (κ2) is 5.38. The number of aromatic amines is 1. The highest BCUT2D eigenvalue weighted by atomic mass is 16.5. The molecular weight excluding hydrogens is 250 g/mol. The fourth-order valence-corrected chi connectivity index (χ4v) is 1.66. The molecule has 0 bridgehead atoms. The summed E-state index contributed by atoms with van der Waals surface area (Å²) in [6, 6.07) is 5.25. The summed E-state index contributed by atoms with van der Waals surface area (Å²) in [4.78, 5) is 21.6. The predicted molar refractivity (Wildman–Crippen MR) is 67.7 cm³/mol. The number of H-pyrrole nitrogens is 1. The summed E-state index contributed by atoms with van der Waals surface area (Å²) in [5.41, 5.74) is 0.0337. The van der Waals surface area contributed by atoms with Gasteiger partial charge in [-0.1, -0.05) is 6.07 Å². The van der Waals surface area contributed by atoms with Crippen molar-refractivity contribution in [2.24, 2.45) is 0 Å². The highest BCUT2D eigenvalue weighted by Crippen LogP contribution is 2.35. The highest BCUT2D eigenvalue weighted by molar-refractivity contribution is 5.68. The first kappa shape index (κ1) is 12.9. The lowest BCUT2D eigenvalue weighted by atomic mass is 10.1. The minimum Gasteiger partial charge on any atom is -0.493 e. The Morgan fingerprint density at radius 1 is 1.05 bits per heavy atom. The van der Waals surface area contributed by atoms with Crippen LogP contribution < -0.4 is 19.9 Å². The van der Waals surface area contributed by atoms with E-state index < -0.39 is 5.69 Å². The maximum atomic E-state index is 11.4. The van der Waals surface area contributed by atoms with Crippen molar-refractivity contribution in [3.8, 4) is 28.9 Å². The van der Waals surface area contributed by atoms with Crippen LogP contribution in [0.15, 0.2) is 23.0 Å². The molecule has 0 spiro atoms. The molecule has 0 saturated heterocycles. The number of hydrogen-bond acceptors (Lipinski definition) is 6. The zero-order chi connectivity index (χ0) is 13.8. The van der Waals surface area contributed by atoms with Crippen LogP contribution in [0.4, 0.5) is 0 Å². The lowest BCUT2D eigenvalue weighted by Crippen LogP contribution is -2.14. The first-order valence-corrected chi connectivity index (χ1v) is 5.43. The second-order valence-electron chi connectivity index (χ2n) is 3.53. The van der Waals surface area contributed by atoms with E-state index in [4.69, 9.17) is 14.2 Å². The van der Waals surface area contributed by atoms with Crippen LogP contribution in [0.3, 0.4) is 0 Å². The third-order valence-electron chi connectivity index (χ3n) is 2.47. The second-order valence-corrected chi connectivity index (χ2v) is 3.53. The molecule has 2 aromatic rings. The Bertz CT molecular complexity index is 639. The third kappa shape index (κ3) is 2.49. The summed E-state index contributed by atoms with van der Waals surface area (Å²) in [6.07, 6.45) is 0. The van der Waals surface area contributed by atoms with Crippen molar-refractivity contribution >= 4 is 0 Å². The smallest absolute Gasteiger partial charge is 0.351 e. The van der Waals surface area contributed by atoms with Gasteiger partial charge in [-0.15, -0.1) is 4.98 Å². The molecule has 2 rings (SSSR count). The fourth-order valence-electron chi connectivity index (χ4n) is 1.66. The summed E-state index contributed by atoms with van der Waals surface area (Å²) in [6.45, 7) is 0. The van der Waals surface area contributed by atoms with Crippen molar-refractivity contribution in [2.75, 3.05) is 21.3 Å². The predicted octanol–water partition coefficient (Wildman–Crippen LogP) is 0.858. The molecule has 0 amide bonds. The third-order valence-corrected chi connectivity index (χ3v) is 2.47. The van der Waals surface area contributed by atoms with Crippen LogP contribution >= 0.6 is 0 Å². The summed E-state index contributed by atoms with van der Waals surface area (Å²) >= 11 is 0. The van der Waals surface area contributed by atoms with Crippen molar-refractivity contribution in [1.29, 1.82) is 0 Å². The number of nitrogens with zero attached hydrogens (tertiary/aromatic N) is 2. The van der Waals surface area contributed by atoms with Gasteiger partial charge in [0.05, 0.1) is 26.9 Å². The molecule has 7 nitrogen and oxygen atoms in total. The number of methoxy groups -OCH3 is 3. The molecule has 0 radical (unpaired) electrons. The van der Waals surface area contributed by atoms with Crippen LogP contribution in [-0.4, -0.2) is 36.3 Å². The number of para-hydroxylation sites is 1. The molecule has 0 unspecified atom stereocenters. The van der Waals surface area contributed by atoms with Gasteiger partial charge in [-0.3, -0.25) is 4.98 Å². The van der Waals surface area contributed by atoms with Crippen molar-refractivity contribution in [2.45, 2.75) is 0 Å². The number of nitrogens with one attached hydrogen (secondary N) is 1. The van der Waals surface area contributed by atoms with Gasteiger partial charge in [0.1, 0.15) is 0 Å². The Labute approximate surface area is 109 Å². The molecule has 0 aliphatic rings. The van der Waals surface area contributed by atoms with E-state index in [9.17, 15) is 4.79 Å². The van der Waals surface area contributed by atoms with Gasteiger partial charge in [-0.05, 0) is 12.1 Å². The van der Waals surface area contributed by atoms with Crippen LogP contribution in [0.2, 0.25) is 0 Å². The number of aromatic nitrogens is 3. The van der Waals surface area contributed by atoms with Gasteiger partial charge < -0.3 is 14.2 Å². The quantitative estimate of drug-likeness (QED) is 0.880. The molecule has 1 heterocycles. The maximum absolute atomic E-state index is 11.4. The van der Waals surface area contributed by atoms with E-state index >= 15 is 0 Å². The largest absolute Gasteiger partial charge is 0.493 e. The van der Waals surface area contributed by atoms with E-state index in [0.29, 0.717) is 22.9 Å². The van der Waals surface area contributed by atoms with Gasteiger partial charge in [0.15, 0.2) is 17.3 Å². The Balaban J connectivity index is 2.64. The molecule has 100 valence electrons. The summed E-state index contributed by atoms with van der Waals surface area (Å²) < 4.78 is 15.4. The lowest BCUT2D eigenvalue weighted by Gasteiger charge is -2.11. The summed E-state index contributed by atoms with van der Waals surface area (Å²) in [5.74, 6) is 1.31. The summed E-state index contributed by atoms with van der Waals surface area (Å²) in [7, 11) is 4.43. The van der Waals surface area contributed by atoms with Gasteiger partial charge in [-0.2, -0.15) is 4.98 Å². The van der Waals surface area contributed by atoms with Gasteiger partial charge in [0, 0.05) is 0 Å². The monoisotopic (exact) mass is 263 g/mol. The molecule has 19 heavy (non-hydrogen) atoms. The first-order chi connectivity index (χ1) is 9.19. The molecular formula is C12H13N3O4. The average molecular weight is 263 g/mol. The number of ether oxygens (including phenoxy) is 3. The van der Waals surface area contributed by atoms with Crippen LogP contribution in [0, 0.1) is 0 Å². The summed E-state index contributed by atoms with van der Waals surface area (Å²) in [5, 5.41) is 0. The Kier molecular flexibility index (Phi) is 3.65. The van der Waals surface area contributed by atoms with Gasteiger partial charge in [-0.25, -0.2) is 4.79 Å². The van der Waals surface area contributed by atoms with Crippen molar-refractivity contribution in [3.63, 3.8) is 0 Å². The molecule has 1 aromatic heterocycles. The number of benzene rings is 1. The molecule has 0 saturated carbocycles. The van der Waals surface area contributed by atoms with E-state index in [1.165, 1.54) is 21.3 Å². The molecule has 1 aromatic carbocycles. The topological polar surface area (TPSA) is 86.3 Å².